The van der Waals surface area contributed by atoms with E-state index in [-0.39, 0.29) is 22.4 Å². The summed E-state index contributed by atoms with van der Waals surface area (Å²) in [6.45, 7) is 6.80. The van der Waals surface area contributed by atoms with Crippen molar-refractivity contribution in [2.24, 2.45) is 11.3 Å². The van der Waals surface area contributed by atoms with E-state index in [1.807, 2.05) is 0 Å². The minimum Gasteiger partial charge on any atom is -0.422 e. The molecule has 3 aromatic heterocycles. The molecule has 0 bridgehead atoms. The van der Waals surface area contributed by atoms with E-state index in [2.05, 4.69) is 30.7 Å². The van der Waals surface area contributed by atoms with Gasteiger partial charge in [0.05, 0.1) is 5.39 Å². The molecule has 0 amide bonds. The zero-order valence-corrected chi connectivity index (χ0v) is 18.5. The lowest BCUT2D eigenvalue weighted by Gasteiger charge is -2.33. The molecule has 0 saturated carbocycles. The lowest BCUT2D eigenvalue weighted by Crippen LogP contribution is -2.26. The van der Waals surface area contributed by atoms with Gasteiger partial charge in [0, 0.05) is 15.3 Å². The summed E-state index contributed by atoms with van der Waals surface area (Å²) in [6, 6.07) is 6.71. The zero-order chi connectivity index (χ0) is 21.2. The summed E-state index contributed by atoms with van der Waals surface area (Å²) in [5.41, 5.74) is 1.27. The topological polar surface area (TPSA) is 76.0 Å². The van der Waals surface area contributed by atoms with E-state index in [4.69, 9.17) is 16.0 Å². The van der Waals surface area contributed by atoms with Crippen LogP contribution in [0, 0.1) is 11.3 Å². The normalized spacial score (nSPS) is 16.9. The molecule has 30 heavy (non-hydrogen) atoms. The zero-order valence-electron chi connectivity index (χ0n) is 17.0. The van der Waals surface area contributed by atoms with Gasteiger partial charge in [0.1, 0.15) is 21.8 Å². The second kappa shape index (κ2) is 6.79. The second-order valence-corrected chi connectivity index (χ2v) is 10.6. The first-order valence-electron chi connectivity index (χ1n) is 9.99. The quantitative estimate of drug-likeness (QED) is 0.393. The van der Waals surface area contributed by atoms with Gasteiger partial charge in [-0.3, -0.25) is 4.79 Å². The number of nitrogens with zero attached hydrogens (tertiary/aromatic N) is 1. The fourth-order valence-corrected chi connectivity index (χ4v) is 5.79. The molecule has 1 aliphatic carbocycles. The number of aromatic nitrogens is 2. The number of nitrogens with one attached hydrogen (secondary N) is 1. The maximum Gasteiger partial charge on any atom is 0.347 e. The molecule has 0 fully saturated rings. The molecule has 0 saturated heterocycles. The third-order valence-corrected chi connectivity index (χ3v) is 7.48. The third kappa shape index (κ3) is 3.19. The van der Waals surface area contributed by atoms with E-state index >= 15 is 0 Å². The van der Waals surface area contributed by atoms with E-state index in [0.29, 0.717) is 32.1 Å². The van der Waals surface area contributed by atoms with Gasteiger partial charge in [-0.05, 0) is 60.4 Å². The Kier molecular flexibility index (Phi) is 4.42. The van der Waals surface area contributed by atoms with Crippen molar-refractivity contribution in [3.8, 4) is 11.4 Å². The van der Waals surface area contributed by atoms with Gasteiger partial charge in [0.15, 0.2) is 0 Å². The molecule has 0 aliphatic heterocycles. The minimum absolute atomic E-state index is 0.202. The minimum atomic E-state index is -0.540. The van der Waals surface area contributed by atoms with Crippen molar-refractivity contribution in [3.63, 3.8) is 0 Å². The Bertz CT molecular complexity index is 1420. The van der Waals surface area contributed by atoms with E-state index < -0.39 is 5.63 Å². The van der Waals surface area contributed by atoms with Crippen molar-refractivity contribution in [2.75, 3.05) is 0 Å². The molecule has 0 unspecified atom stereocenters. The predicted molar refractivity (Wildman–Crippen MR) is 122 cm³/mol. The van der Waals surface area contributed by atoms with Crippen molar-refractivity contribution in [1.29, 1.82) is 0 Å². The molecule has 5 rings (SSSR count). The summed E-state index contributed by atoms with van der Waals surface area (Å²) in [5.74, 6) is 0.808. The van der Waals surface area contributed by atoms with Crippen molar-refractivity contribution < 1.29 is 4.42 Å². The Balaban J connectivity index is 1.66. The van der Waals surface area contributed by atoms with E-state index in [1.54, 1.807) is 35.6 Å². The summed E-state index contributed by atoms with van der Waals surface area (Å²) in [7, 11) is 0. The maximum absolute atomic E-state index is 13.0. The fraction of sp³-hybridized carbons (Fsp3) is 0.348. The van der Waals surface area contributed by atoms with Crippen LogP contribution in [-0.2, 0) is 12.8 Å². The first-order chi connectivity index (χ1) is 14.2. The predicted octanol–water partition coefficient (Wildman–Crippen LogP) is 5.56. The molecular weight excluding hydrogens is 420 g/mol. The molecule has 1 atom stereocenters. The Morgan fingerprint density at radius 1 is 1.23 bits per heavy atom. The fourth-order valence-electron chi connectivity index (χ4n) is 4.31. The first kappa shape index (κ1) is 19.5. The van der Waals surface area contributed by atoms with Gasteiger partial charge in [-0.2, -0.15) is 0 Å². The van der Waals surface area contributed by atoms with Crippen LogP contribution in [0.3, 0.4) is 0 Å². The SMILES string of the molecule is CC(C)(C)[C@@H]1CCc2c(sc3nc(-c4cc5cc(Cl)ccc5oc4=O)[nH]c(=O)c23)C1. The van der Waals surface area contributed by atoms with E-state index in [1.165, 1.54) is 4.88 Å². The Labute approximate surface area is 181 Å². The lowest BCUT2D eigenvalue weighted by atomic mass is 9.72. The highest BCUT2D eigenvalue weighted by molar-refractivity contribution is 7.18. The summed E-state index contributed by atoms with van der Waals surface area (Å²) in [6.07, 6.45) is 2.92. The number of hydrogen-bond donors (Lipinski definition) is 1. The Morgan fingerprint density at radius 3 is 2.80 bits per heavy atom. The third-order valence-electron chi connectivity index (χ3n) is 6.09. The van der Waals surface area contributed by atoms with Crippen LogP contribution in [0.2, 0.25) is 5.02 Å². The Hall–Kier alpha value is -2.44. The van der Waals surface area contributed by atoms with Gasteiger partial charge in [-0.1, -0.05) is 32.4 Å². The van der Waals surface area contributed by atoms with Crippen molar-refractivity contribution in [2.45, 2.75) is 40.0 Å². The number of aryl methyl sites for hydroxylation is 1. The average Bonchev–Trinajstić information content (AvgIpc) is 3.05. The number of fused-ring (bicyclic) bond motifs is 4. The highest BCUT2D eigenvalue weighted by atomic mass is 35.5. The van der Waals surface area contributed by atoms with Crippen LogP contribution in [0.1, 0.15) is 37.6 Å². The molecule has 0 spiro atoms. The number of rotatable bonds is 1. The maximum atomic E-state index is 13.0. The monoisotopic (exact) mass is 440 g/mol. The Morgan fingerprint density at radius 2 is 2.03 bits per heavy atom. The number of halogens is 1. The molecule has 3 heterocycles. The summed E-state index contributed by atoms with van der Waals surface area (Å²) in [5, 5.41) is 1.89. The van der Waals surface area contributed by atoms with Gasteiger partial charge in [0.25, 0.3) is 5.56 Å². The van der Waals surface area contributed by atoms with Crippen LogP contribution in [0.25, 0.3) is 32.6 Å². The smallest absolute Gasteiger partial charge is 0.347 e. The molecule has 154 valence electrons. The number of benzene rings is 1. The average molecular weight is 441 g/mol. The summed E-state index contributed by atoms with van der Waals surface area (Å²) >= 11 is 7.64. The second-order valence-electron chi connectivity index (χ2n) is 9.03. The number of aromatic amines is 1. The van der Waals surface area contributed by atoms with Crippen LogP contribution >= 0.6 is 22.9 Å². The van der Waals surface area contributed by atoms with E-state index in [0.717, 1.165) is 24.8 Å². The van der Waals surface area contributed by atoms with Crippen LogP contribution in [0.15, 0.2) is 38.3 Å². The van der Waals surface area contributed by atoms with Gasteiger partial charge in [-0.15, -0.1) is 11.3 Å². The van der Waals surface area contributed by atoms with Crippen LogP contribution in [0.5, 0.6) is 0 Å². The van der Waals surface area contributed by atoms with Crippen LogP contribution in [-0.4, -0.2) is 9.97 Å². The summed E-state index contributed by atoms with van der Waals surface area (Å²) in [4.78, 5) is 34.9. The largest absolute Gasteiger partial charge is 0.422 e. The molecule has 7 heteroatoms. The van der Waals surface area contributed by atoms with Crippen molar-refractivity contribution in [1.82, 2.24) is 9.97 Å². The molecular formula is C23H21ClN2O3S. The molecule has 1 aliphatic rings. The number of thiophene rings is 1. The van der Waals surface area contributed by atoms with Gasteiger partial charge in [0.2, 0.25) is 0 Å². The highest BCUT2D eigenvalue weighted by Gasteiger charge is 2.31. The van der Waals surface area contributed by atoms with Gasteiger partial charge >= 0.3 is 5.63 Å². The molecule has 1 aromatic carbocycles. The summed E-state index contributed by atoms with van der Waals surface area (Å²) < 4.78 is 5.41. The highest BCUT2D eigenvalue weighted by Crippen LogP contribution is 2.42. The van der Waals surface area contributed by atoms with Crippen LogP contribution < -0.4 is 11.2 Å². The molecule has 4 aromatic rings. The molecule has 1 N–H and O–H groups in total. The van der Waals surface area contributed by atoms with Crippen LogP contribution in [0.4, 0.5) is 0 Å². The van der Waals surface area contributed by atoms with Gasteiger partial charge < -0.3 is 9.40 Å². The first-order valence-corrected chi connectivity index (χ1v) is 11.2. The van der Waals surface area contributed by atoms with Gasteiger partial charge in [-0.25, -0.2) is 9.78 Å². The standard InChI is InChI=1S/C23H21ClN2O3S/c1-23(2,3)12-4-6-14-17(10-12)30-21-18(14)20(27)25-19(26-21)15-9-11-8-13(24)5-7-16(11)29-22(15)28/h5,7-9,12H,4,6,10H2,1-3H3,(H,25,26,27)/t12-/m1/s1. The molecule has 0 radical (unpaired) electrons. The van der Waals surface area contributed by atoms with Crippen molar-refractivity contribution >= 4 is 44.1 Å². The lowest BCUT2D eigenvalue weighted by molar-refractivity contribution is 0.218. The number of H-pyrrole nitrogens is 1. The molecule has 5 nitrogen and oxygen atoms in total. The number of hydrogen-bond acceptors (Lipinski definition) is 5. The van der Waals surface area contributed by atoms with E-state index in [9.17, 15) is 9.59 Å². The van der Waals surface area contributed by atoms with Crippen molar-refractivity contribution in [3.05, 3.63) is 60.5 Å².